The van der Waals surface area contributed by atoms with Crippen LogP contribution in [0, 0.1) is 6.92 Å². The molecule has 2 amide bonds. The molecule has 2 atom stereocenters. The number of anilines is 1. The summed E-state index contributed by atoms with van der Waals surface area (Å²) in [5.74, 6) is -1.94. The summed E-state index contributed by atoms with van der Waals surface area (Å²) in [6, 6.07) is 24.1. The van der Waals surface area contributed by atoms with Gasteiger partial charge in [0.2, 0.25) is 0 Å². The number of benzene rings is 3. The number of hydrogen-bond acceptors (Lipinski definition) is 7. The molecule has 1 aliphatic rings. The van der Waals surface area contributed by atoms with Crippen molar-refractivity contribution in [1.29, 1.82) is 0 Å². The van der Waals surface area contributed by atoms with Crippen LogP contribution in [0.25, 0.3) is 11.1 Å². The summed E-state index contributed by atoms with van der Waals surface area (Å²) in [6.07, 6.45) is -1.50. The molecule has 1 aromatic heterocycles. The van der Waals surface area contributed by atoms with Crippen LogP contribution in [-0.2, 0) is 20.9 Å². The maximum absolute atomic E-state index is 13.0. The van der Waals surface area contributed by atoms with Gasteiger partial charge < -0.3 is 19.9 Å². The molecular weight excluding hydrogens is 542 g/mol. The molecule has 9 nitrogen and oxygen atoms in total. The fraction of sp³-hybridized carbons (Fsp3) is 0.226. The molecule has 0 radical (unpaired) electrons. The molecule has 0 aliphatic heterocycles. The maximum atomic E-state index is 13.0. The molecule has 3 N–H and O–H groups in total. The van der Waals surface area contributed by atoms with E-state index in [1.165, 1.54) is 0 Å². The topological polar surface area (TPSA) is 127 Å². The van der Waals surface area contributed by atoms with E-state index in [0.29, 0.717) is 5.69 Å². The SMILES string of the molecule is Cc1nc(NC(=O)OCC2c3ccccc3-c3ccccc32)sc1C(=O)N[C@@H](C(=O)O)[C@H](C)OCc1ccccc1. The lowest BCUT2D eigenvalue weighted by atomic mass is 9.98. The highest BCUT2D eigenvalue weighted by Gasteiger charge is 2.31. The molecule has 41 heavy (non-hydrogen) atoms. The summed E-state index contributed by atoms with van der Waals surface area (Å²) in [5.41, 5.74) is 5.69. The number of rotatable bonds is 10. The predicted octanol–water partition coefficient (Wildman–Crippen LogP) is 5.60. The number of carboxylic acid groups (broad SMARTS) is 1. The second-order valence-electron chi connectivity index (χ2n) is 9.68. The van der Waals surface area contributed by atoms with Crippen LogP contribution < -0.4 is 10.6 Å². The molecule has 0 spiro atoms. The zero-order valence-corrected chi connectivity index (χ0v) is 23.3. The van der Waals surface area contributed by atoms with Crippen LogP contribution in [0.15, 0.2) is 78.9 Å². The Bertz CT molecular complexity index is 1530. The van der Waals surface area contributed by atoms with Gasteiger partial charge in [0.1, 0.15) is 11.5 Å². The Morgan fingerprint density at radius 3 is 2.20 bits per heavy atom. The van der Waals surface area contributed by atoms with Gasteiger partial charge in [0.15, 0.2) is 11.2 Å². The minimum absolute atomic E-state index is 0.0911. The highest BCUT2D eigenvalue weighted by Crippen LogP contribution is 2.44. The quantitative estimate of drug-likeness (QED) is 0.226. The minimum atomic E-state index is -1.29. The fourth-order valence-electron chi connectivity index (χ4n) is 4.87. The number of amides is 2. The van der Waals surface area contributed by atoms with Crippen molar-refractivity contribution in [3.05, 3.63) is 106 Å². The van der Waals surface area contributed by atoms with Crippen LogP contribution in [0.1, 0.15) is 44.9 Å². The van der Waals surface area contributed by atoms with Crippen molar-refractivity contribution in [3.8, 4) is 11.1 Å². The third-order valence-electron chi connectivity index (χ3n) is 6.93. The van der Waals surface area contributed by atoms with Gasteiger partial charge in [0.05, 0.1) is 18.4 Å². The molecule has 0 saturated heterocycles. The van der Waals surface area contributed by atoms with Crippen LogP contribution in [-0.4, -0.2) is 46.8 Å². The Morgan fingerprint density at radius 2 is 1.56 bits per heavy atom. The number of aliphatic carboxylic acids is 1. The standard InChI is InChI=1S/C31H29N3O6S/c1-18-27(28(35)33-26(29(36)37)19(2)39-16-20-10-4-3-5-11-20)41-30(32-18)34-31(38)40-17-25-23-14-8-6-12-21(23)22-13-7-9-15-24(22)25/h3-15,19,25-26H,16-17H2,1-2H3,(H,33,35)(H,36,37)(H,32,34,38)/t19-,26+/m0/s1. The zero-order chi connectivity index (χ0) is 28.9. The number of ether oxygens (including phenoxy) is 2. The molecule has 4 aromatic rings. The van der Waals surface area contributed by atoms with Crippen molar-refractivity contribution in [2.24, 2.45) is 0 Å². The second-order valence-corrected chi connectivity index (χ2v) is 10.7. The first kappa shape index (κ1) is 28.0. The van der Waals surface area contributed by atoms with E-state index in [9.17, 15) is 19.5 Å². The summed E-state index contributed by atoms with van der Waals surface area (Å²) < 4.78 is 11.3. The summed E-state index contributed by atoms with van der Waals surface area (Å²) in [4.78, 5) is 42.0. The largest absolute Gasteiger partial charge is 0.480 e. The maximum Gasteiger partial charge on any atom is 0.413 e. The number of aromatic nitrogens is 1. The number of fused-ring (bicyclic) bond motifs is 3. The third kappa shape index (κ3) is 6.29. The molecule has 3 aromatic carbocycles. The molecule has 1 aliphatic carbocycles. The average Bonchev–Trinajstić information content (AvgIpc) is 3.50. The minimum Gasteiger partial charge on any atom is -0.480 e. The molecule has 0 saturated carbocycles. The fourth-order valence-corrected chi connectivity index (χ4v) is 5.72. The molecule has 0 unspecified atom stereocenters. The number of nitrogens with zero attached hydrogens (tertiary/aromatic N) is 1. The number of carboxylic acids is 1. The van der Waals surface area contributed by atoms with Gasteiger partial charge in [-0.1, -0.05) is 90.2 Å². The van der Waals surface area contributed by atoms with Gasteiger partial charge in [-0.3, -0.25) is 10.1 Å². The Balaban J connectivity index is 1.19. The summed E-state index contributed by atoms with van der Waals surface area (Å²) in [5, 5.41) is 15.0. The normalized spacial score (nSPS) is 13.5. The number of thiazole rings is 1. The highest BCUT2D eigenvalue weighted by molar-refractivity contribution is 7.17. The van der Waals surface area contributed by atoms with E-state index in [-0.39, 0.29) is 29.1 Å². The smallest absolute Gasteiger partial charge is 0.413 e. The van der Waals surface area contributed by atoms with E-state index in [0.717, 1.165) is 39.2 Å². The van der Waals surface area contributed by atoms with Gasteiger partial charge in [-0.15, -0.1) is 0 Å². The van der Waals surface area contributed by atoms with Crippen molar-refractivity contribution in [2.45, 2.75) is 38.5 Å². The van der Waals surface area contributed by atoms with E-state index in [1.54, 1.807) is 13.8 Å². The lowest BCUT2D eigenvalue weighted by molar-refractivity contribution is -0.143. The lowest BCUT2D eigenvalue weighted by Crippen LogP contribution is -2.48. The van der Waals surface area contributed by atoms with E-state index < -0.39 is 30.1 Å². The van der Waals surface area contributed by atoms with Crippen LogP contribution >= 0.6 is 11.3 Å². The first-order valence-electron chi connectivity index (χ1n) is 13.1. The Morgan fingerprint density at radius 1 is 0.951 bits per heavy atom. The monoisotopic (exact) mass is 571 g/mol. The van der Waals surface area contributed by atoms with E-state index in [4.69, 9.17) is 9.47 Å². The number of hydrogen-bond donors (Lipinski definition) is 3. The average molecular weight is 572 g/mol. The van der Waals surface area contributed by atoms with Gasteiger partial charge in [0.25, 0.3) is 5.91 Å². The molecule has 210 valence electrons. The summed E-state index contributed by atoms with van der Waals surface area (Å²) in [6.45, 7) is 3.54. The third-order valence-corrected chi connectivity index (χ3v) is 8.00. The zero-order valence-electron chi connectivity index (χ0n) is 22.5. The van der Waals surface area contributed by atoms with Crippen LogP contribution in [0.2, 0.25) is 0 Å². The van der Waals surface area contributed by atoms with Gasteiger partial charge in [-0.2, -0.15) is 0 Å². The van der Waals surface area contributed by atoms with Crippen molar-refractivity contribution < 1.29 is 29.0 Å². The van der Waals surface area contributed by atoms with E-state index >= 15 is 0 Å². The molecule has 0 bridgehead atoms. The number of carbonyl (C=O) groups excluding carboxylic acids is 2. The van der Waals surface area contributed by atoms with Gasteiger partial charge in [-0.25, -0.2) is 14.6 Å². The molecular formula is C31H29N3O6S. The van der Waals surface area contributed by atoms with E-state index in [1.807, 2.05) is 66.7 Å². The van der Waals surface area contributed by atoms with Gasteiger partial charge in [0, 0.05) is 5.92 Å². The van der Waals surface area contributed by atoms with Crippen LogP contribution in [0.4, 0.5) is 9.93 Å². The first-order valence-corrected chi connectivity index (χ1v) is 13.9. The van der Waals surface area contributed by atoms with E-state index in [2.05, 4.69) is 27.8 Å². The summed E-state index contributed by atoms with van der Waals surface area (Å²) in [7, 11) is 0. The predicted molar refractivity (Wildman–Crippen MR) is 155 cm³/mol. The molecule has 10 heteroatoms. The number of aryl methyl sites for hydroxylation is 1. The van der Waals surface area contributed by atoms with Crippen molar-refractivity contribution in [3.63, 3.8) is 0 Å². The molecule has 0 fully saturated rings. The molecule has 1 heterocycles. The van der Waals surface area contributed by atoms with Crippen LogP contribution in [0.5, 0.6) is 0 Å². The number of nitrogens with one attached hydrogen (secondary N) is 2. The lowest BCUT2D eigenvalue weighted by Gasteiger charge is -2.21. The number of carbonyl (C=O) groups is 3. The van der Waals surface area contributed by atoms with Crippen molar-refractivity contribution in [2.75, 3.05) is 11.9 Å². The Hall–Kier alpha value is -4.54. The Kier molecular flexibility index (Phi) is 8.42. The van der Waals surface area contributed by atoms with Crippen molar-refractivity contribution in [1.82, 2.24) is 10.3 Å². The molecule has 5 rings (SSSR count). The van der Waals surface area contributed by atoms with Crippen molar-refractivity contribution >= 4 is 34.4 Å². The van der Waals surface area contributed by atoms with Gasteiger partial charge >= 0.3 is 12.1 Å². The Labute approximate surface area is 241 Å². The summed E-state index contributed by atoms with van der Waals surface area (Å²) >= 11 is 0.938. The second kappa shape index (κ2) is 12.3. The first-order chi connectivity index (χ1) is 19.8. The van der Waals surface area contributed by atoms with Gasteiger partial charge in [-0.05, 0) is 41.7 Å². The highest BCUT2D eigenvalue weighted by atomic mass is 32.1. The van der Waals surface area contributed by atoms with Crippen LogP contribution in [0.3, 0.4) is 0 Å².